The number of rotatable bonds is 3. The first-order valence-electron chi connectivity index (χ1n) is 5.27. The molecule has 0 unspecified atom stereocenters. The summed E-state index contributed by atoms with van der Waals surface area (Å²) in [6.45, 7) is 1.67. The molecule has 0 spiro atoms. The van der Waals surface area contributed by atoms with Gasteiger partial charge in [0.15, 0.2) is 0 Å². The lowest BCUT2D eigenvalue weighted by Crippen LogP contribution is -2.04. The van der Waals surface area contributed by atoms with Gasteiger partial charge in [0.05, 0.1) is 11.2 Å². The van der Waals surface area contributed by atoms with E-state index in [-0.39, 0.29) is 22.5 Å². The minimum atomic E-state index is -0.468. The summed E-state index contributed by atoms with van der Waals surface area (Å²) in [5, 5.41) is 4.07. The van der Waals surface area contributed by atoms with Crippen molar-refractivity contribution < 1.29 is 4.39 Å². The lowest BCUT2D eigenvalue weighted by atomic mass is 10.2. The molecule has 2 rings (SSSR count). The van der Waals surface area contributed by atoms with Gasteiger partial charge in [-0.05, 0) is 19.1 Å². The smallest absolute Gasteiger partial charge is 0.248 e. The van der Waals surface area contributed by atoms with Gasteiger partial charge in [-0.25, -0.2) is 9.82 Å². The molecular weight excluding hydrogens is 271 g/mol. The Labute approximate surface area is 113 Å². The van der Waals surface area contributed by atoms with Crippen LogP contribution in [0.25, 0.3) is 0 Å². The first-order valence-corrected chi connectivity index (χ1v) is 5.65. The number of hydrogen-bond donors (Lipinski definition) is 2. The molecule has 0 saturated carbocycles. The second-order valence-electron chi connectivity index (χ2n) is 3.57. The van der Waals surface area contributed by atoms with Gasteiger partial charge in [-0.2, -0.15) is 20.1 Å². The number of nitrogens with one attached hydrogen (secondary N) is 1. The van der Waals surface area contributed by atoms with Crippen molar-refractivity contribution in [2.24, 2.45) is 5.10 Å². The van der Waals surface area contributed by atoms with Crippen LogP contribution in [0.15, 0.2) is 23.3 Å². The molecule has 3 N–H and O–H groups in total. The van der Waals surface area contributed by atoms with Crippen LogP contribution in [0.2, 0.25) is 5.02 Å². The number of anilines is 2. The monoisotopic (exact) mass is 280 g/mol. The standard InChI is InChI=1S/C11H10ClFN6/c1-6-16-10(14)18-11(17-6)19-15-5-7-8(12)3-2-4-9(7)13/h2-5H,1H3,(H3,14,16,17,18,19). The fraction of sp³-hybridized carbons (Fsp3) is 0.0909. The Bertz CT molecular complexity index is 590. The third-order valence-corrected chi connectivity index (χ3v) is 2.45. The summed E-state index contributed by atoms with van der Waals surface area (Å²) < 4.78 is 13.4. The fourth-order valence-electron chi connectivity index (χ4n) is 1.34. The van der Waals surface area contributed by atoms with Crippen molar-refractivity contribution in [3.63, 3.8) is 0 Å². The van der Waals surface area contributed by atoms with Gasteiger partial charge in [0.1, 0.15) is 11.6 Å². The molecule has 1 aromatic carbocycles. The van der Waals surface area contributed by atoms with Crippen molar-refractivity contribution in [3.8, 4) is 0 Å². The normalized spacial score (nSPS) is 10.9. The summed E-state index contributed by atoms with van der Waals surface area (Å²) in [7, 11) is 0. The molecule has 0 aliphatic heterocycles. The van der Waals surface area contributed by atoms with Crippen molar-refractivity contribution in [2.75, 3.05) is 11.2 Å². The second kappa shape index (κ2) is 5.57. The maximum absolute atomic E-state index is 13.4. The molecule has 98 valence electrons. The van der Waals surface area contributed by atoms with Crippen LogP contribution in [-0.4, -0.2) is 21.2 Å². The SMILES string of the molecule is Cc1nc(N)nc(NN=Cc2c(F)cccc2Cl)n1. The first-order chi connectivity index (χ1) is 9.06. The van der Waals surface area contributed by atoms with Gasteiger partial charge in [0, 0.05) is 5.56 Å². The van der Waals surface area contributed by atoms with E-state index in [4.69, 9.17) is 17.3 Å². The Kier molecular flexibility index (Phi) is 3.86. The van der Waals surface area contributed by atoms with E-state index in [0.29, 0.717) is 5.82 Å². The van der Waals surface area contributed by atoms with Gasteiger partial charge in [0.25, 0.3) is 0 Å². The number of aromatic nitrogens is 3. The highest BCUT2D eigenvalue weighted by Gasteiger charge is 2.04. The summed E-state index contributed by atoms with van der Waals surface area (Å²) in [6, 6.07) is 4.37. The van der Waals surface area contributed by atoms with Crippen LogP contribution in [0.4, 0.5) is 16.3 Å². The van der Waals surface area contributed by atoms with Gasteiger partial charge in [-0.1, -0.05) is 17.7 Å². The molecule has 0 amide bonds. The second-order valence-corrected chi connectivity index (χ2v) is 3.98. The van der Waals surface area contributed by atoms with Crippen molar-refractivity contribution >= 4 is 29.7 Å². The van der Waals surface area contributed by atoms with Gasteiger partial charge >= 0.3 is 0 Å². The molecule has 0 bridgehead atoms. The minimum Gasteiger partial charge on any atom is -0.368 e. The molecule has 0 radical (unpaired) electrons. The summed E-state index contributed by atoms with van der Waals surface area (Å²) in [6.07, 6.45) is 1.24. The highest BCUT2D eigenvalue weighted by molar-refractivity contribution is 6.33. The van der Waals surface area contributed by atoms with Crippen molar-refractivity contribution in [1.29, 1.82) is 0 Å². The zero-order valence-corrected chi connectivity index (χ0v) is 10.7. The van der Waals surface area contributed by atoms with Gasteiger partial charge in [-0.3, -0.25) is 0 Å². The summed E-state index contributed by atoms with van der Waals surface area (Å²) >= 11 is 5.84. The molecule has 19 heavy (non-hydrogen) atoms. The number of nitrogen functional groups attached to an aromatic ring is 1. The van der Waals surface area contributed by atoms with Crippen LogP contribution in [0.3, 0.4) is 0 Å². The highest BCUT2D eigenvalue weighted by Crippen LogP contribution is 2.16. The number of nitrogens with two attached hydrogens (primary N) is 1. The molecule has 1 heterocycles. The molecule has 0 aliphatic rings. The molecule has 0 fully saturated rings. The molecule has 0 atom stereocenters. The molecule has 8 heteroatoms. The molecule has 2 aromatic rings. The average molecular weight is 281 g/mol. The van der Waals surface area contributed by atoms with Crippen molar-refractivity contribution in [3.05, 3.63) is 40.4 Å². The fourth-order valence-corrected chi connectivity index (χ4v) is 1.55. The van der Waals surface area contributed by atoms with E-state index in [1.165, 1.54) is 18.3 Å². The van der Waals surface area contributed by atoms with Crippen LogP contribution < -0.4 is 11.2 Å². The van der Waals surface area contributed by atoms with Crippen molar-refractivity contribution in [2.45, 2.75) is 6.92 Å². The van der Waals surface area contributed by atoms with E-state index >= 15 is 0 Å². The maximum Gasteiger partial charge on any atom is 0.248 e. The van der Waals surface area contributed by atoms with E-state index < -0.39 is 5.82 Å². The topological polar surface area (TPSA) is 89.1 Å². The molecule has 6 nitrogen and oxygen atoms in total. The van der Waals surface area contributed by atoms with Crippen LogP contribution in [-0.2, 0) is 0 Å². The Balaban J connectivity index is 2.16. The summed E-state index contributed by atoms with van der Waals surface area (Å²) in [4.78, 5) is 11.6. The minimum absolute atomic E-state index is 0.0779. The van der Waals surface area contributed by atoms with Crippen LogP contribution >= 0.6 is 11.6 Å². The molecule has 0 aliphatic carbocycles. The number of hydrogen-bond acceptors (Lipinski definition) is 6. The summed E-state index contributed by atoms with van der Waals surface area (Å²) in [5.74, 6) is 0.237. The van der Waals surface area contributed by atoms with E-state index in [2.05, 4.69) is 25.5 Å². The van der Waals surface area contributed by atoms with Gasteiger partial charge in [-0.15, -0.1) is 0 Å². The van der Waals surface area contributed by atoms with Crippen LogP contribution in [0.5, 0.6) is 0 Å². The van der Waals surface area contributed by atoms with Gasteiger partial charge in [0.2, 0.25) is 11.9 Å². The van der Waals surface area contributed by atoms with Crippen LogP contribution in [0.1, 0.15) is 11.4 Å². The molecule has 0 saturated heterocycles. The zero-order chi connectivity index (χ0) is 13.8. The van der Waals surface area contributed by atoms with E-state index in [1.807, 2.05) is 0 Å². The third kappa shape index (κ3) is 3.35. The van der Waals surface area contributed by atoms with Crippen molar-refractivity contribution in [1.82, 2.24) is 15.0 Å². The third-order valence-electron chi connectivity index (χ3n) is 2.12. The number of aryl methyl sites for hydroxylation is 1. The quantitative estimate of drug-likeness (QED) is 0.663. The molecule has 1 aromatic heterocycles. The largest absolute Gasteiger partial charge is 0.368 e. The average Bonchev–Trinajstić information content (AvgIpc) is 2.32. The maximum atomic E-state index is 13.4. The highest BCUT2D eigenvalue weighted by atomic mass is 35.5. The lowest BCUT2D eigenvalue weighted by molar-refractivity contribution is 0.626. The first kappa shape index (κ1) is 13.2. The Morgan fingerprint density at radius 1 is 1.37 bits per heavy atom. The van der Waals surface area contributed by atoms with Gasteiger partial charge < -0.3 is 5.73 Å². The number of hydrazone groups is 1. The zero-order valence-electron chi connectivity index (χ0n) is 9.93. The Hall–Kier alpha value is -2.28. The Morgan fingerprint density at radius 3 is 2.84 bits per heavy atom. The predicted octanol–water partition coefficient (Wildman–Crippen LogP) is 2.00. The predicted molar refractivity (Wildman–Crippen MR) is 71.6 cm³/mol. The van der Waals surface area contributed by atoms with E-state index in [1.54, 1.807) is 13.0 Å². The molecular formula is C11H10ClFN6. The summed E-state index contributed by atoms with van der Waals surface area (Å²) in [5.41, 5.74) is 8.16. The number of nitrogens with zero attached hydrogens (tertiary/aromatic N) is 4. The lowest BCUT2D eigenvalue weighted by Gasteiger charge is -2.01. The number of benzene rings is 1. The Morgan fingerprint density at radius 2 is 2.16 bits per heavy atom. The van der Waals surface area contributed by atoms with Crippen LogP contribution in [0, 0.1) is 12.7 Å². The van der Waals surface area contributed by atoms with E-state index in [0.717, 1.165) is 0 Å². The number of halogens is 2. The van der Waals surface area contributed by atoms with E-state index in [9.17, 15) is 4.39 Å².